The summed E-state index contributed by atoms with van der Waals surface area (Å²) in [4.78, 5) is 174. The topological polar surface area (TPSA) is 476 Å². The first-order valence-electron chi connectivity index (χ1n) is 29.7. The third-order valence-corrected chi connectivity index (χ3v) is 16.0. The van der Waals surface area contributed by atoms with Gasteiger partial charge in [-0.15, -0.1) is 11.8 Å². The number of aliphatic imine (C=N–C) groups is 1. The molecule has 0 unspecified atom stereocenters. The number of rotatable bonds is 30. The fourth-order valence-corrected chi connectivity index (χ4v) is 11.2. The van der Waals surface area contributed by atoms with Gasteiger partial charge in [-0.2, -0.15) is 0 Å². The van der Waals surface area contributed by atoms with E-state index in [1.165, 1.54) is 6.92 Å². The highest BCUT2D eigenvalue weighted by molar-refractivity contribution is 8.76. The summed E-state index contributed by atoms with van der Waals surface area (Å²) in [6, 6.07) is -1.34. The van der Waals surface area contributed by atoms with Crippen LogP contribution in [0.4, 0.5) is 0 Å². The Morgan fingerprint density at radius 2 is 1.19 bits per heavy atom. The lowest BCUT2D eigenvalue weighted by atomic mass is 10.0. The lowest BCUT2D eigenvalue weighted by molar-refractivity contribution is -0.141. The minimum atomic E-state index is -1.77. The largest absolute Gasteiger partial charge is 0.481 e. The number of benzene rings is 1. The summed E-state index contributed by atoms with van der Waals surface area (Å²) in [6.45, 7) is 9.90. The Morgan fingerprint density at radius 1 is 0.604 bits per heavy atom. The fourth-order valence-electron chi connectivity index (χ4n) is 7.98. The number of ether oxygens (including phenoxy) is 4. The van der Waals surface area contributed by atoms with E-state index in [1.54, 1.807) is 44.2 Å². The van der Waals surface area contributed by atoms with Crippen LogP contribution >= 0.6 is 33.3 Å². The van der Waals surface area contributed by atoms with Gasteiger partial charge in [-0.3, -0.25) is 67.3 Å². The molecule has 2 heterocycles. The predicted molar refractivity (Wildman–Crippen MR) is 340 cm³/mol. The van der Waals surface area contributed by atoms with Crippen LogP contribution in [0.1, 0.15) is 78.2 Å². The van der Waals surface area contributed by atoms with Crippen molar-refractivity contribution in [3.63, 3.8) is 0 Å². The van der Waals surface area contributed by atoms with Crippen LogP contribution in [0.2, 0.25) is 0 Å². The Bertz CT molecular complexity index is 2540. The number of nitrogens with zero attached hydrogens (tertiary/aromatic N) is 1. The van der Waals surface area contributed by atoms with Crippen molar-refractivity contribution in [1.29, 1.82) is 0 Å². The minimum Gasteiger partial charge on any atom is -0.481 e. The molecule has 91 heavy (non-hydrogen) atoms. The van der Waals surface area contributed by atoms with Gasteiger partial charge in [0.1, 0.15) is 55.5 Å². The van der Waals surface area contributed by atoms with Crippen LogP contribution < -0.4 is 70.0 Å². The van der Waals surface area contributed by atoms with Gasteiger partial charge >= 0.3 is 5.97 Å². The maximum atomic E-state index is 14.3. The number of fused-ring (bicyclic) bond motifs is 5. The van der Waals surface area contributed by atoms with Crippen LogP contribution in [-0.4, -0.2) is 239 Å². The molecule has 16 N–H and O–H groups in total. The molecule has 2 aliphatic heterocycles. The second-order valence-electron chi connectivity index (χ2n) is 20.1. The number of Topliss-reactive ketones (excluding diaryl/α,β-unsaturated/α-hetero) is 1. The van der Waals surface area contributed by atoms with E-state index in [2.05, 4.69) is 63.5 Å². The molecule has 11 amide bonds. The number of amides is 11. The van der Waals surface area contributed by atoms with Crippen molar-refractivity contribution >= 4 is 116 Å². The Labute approximate surface area is 540 Å². The molecule has 0 saturated carbocycles. The molecule has 35 heteroatoms. The second kappa shape index (κ2) is 47.6. The van der Waals surface area contributed by atoms with E-state index in [0.717, 1.165) is 33.3 Å². The third kappa shape index (κ3) is 37.0. The molecule has 1 aromatic carbocycles. The SMILES string of the molecule is CCNC(=O)[C@@H]1CSCC(=O)N[C@@H](CCCCNC(=O)CC)C(=O)N[C@H]2CSSC[C@H](NC(=O)[C@H](CC(=O)O)NC(=O)CNC(=O)[C@H](CCCN=C(N)N)NC2=O)C(=O)N[C@@H](Cc2ccccc2)C(=O)N1.CCOCCOCCOCCNC(=O)COCC(C)=O. The van der Waals surface area contributed by atoms with Crippen LogP contribution in [-0.2, 0) is 87.7 Å². The number of carboxylic acids is 1. The van der Waals surface area contributed by atoms with Gasteiger partial charge in [-0.25, -0.2) is 0 Å². The predicted octanol–water partition coefficient (Wildman–Crippen LogP) is -3.98. The van der Waals surface area contributed by atoms with Gasteiger partial charge < -0.3 is 94.0 Å². The van der Waals surface area contributed by atoms with Crippen LogP contribution in [0.25, 0.3) is 0 Å². The summed E-state index contributed by atoms with van der Waals surface area (Å²) >= 11 is 0.966. The van der Waals surface area contributed by atoms with E-state index in [4.69, 9.17) is 30.4 Å². The zero-order chi connectivity index (χ0) is 67.3. The highest BCUT2D eigenvalue weighted by Gasteiger charge is 2.35. The molecule has 0 radical (unpaired) electrons. The number of carboxylic acid groups (broad SMARTS) is 1. The number of hydrogen-bond acceptors (Lipinski definition) is 21. The van der Waals surface area contributed by atoms with Crippen molar-refractivity contribution in [2.45, 2.75) is 121 Å². The molecule has 0 aliphatic carbocycles. The average Bonchev–Trinajstić information content (AvgIpc) is 2.13. The quantitative estimate of drug-likeness (QED) is 0.0151. The number of nitrogens with two attached hydrogens (primary N) is 2. The second-order valence-corrected chi connectivity index (χ2v) is 23.7. The van der Waals surface area contributed by atoms with Crippen LogP contribution in [0, 0.1) is 0 Å². The molecule has 2 fully saturated rings. The molecule has 1 aromatic rings. The molecule has 7 atom stereocenters. The summed E-state index contributed by atoms with van der Waals surface area (Å²) in [6.07, 6.45) is 0.111. The van der Waals surface area contributed by atoms with Crippen LogP contribution in [0.5, 0.6) is 0 Å². The summed E-state index contributed by atoms with van der Waals surface area (Å²) in [7, 11) is 1.91. The number of carbonyl (C=O) groups is 13. The minimum absolute atomic E-state index is 0.0387. The summed E-state index contributed by atoms with van der Waals surface area (Å²) in [5.41, 5.74) is 11.5. The maximum Gasteiger partial charge on any atom is 0.305 e. The monoisotopic (exact) mass is 1340 g/mol. The van der Waals surface area contributed by atoms with Gasteiger partial charge in [0.15, 0.2) is 11.7 Å². The zero-order valence-corrected chi connectivity index (χ0v) is 54.3. The van der Waals surface area contributed by atoms with Gasteiger partial charge in [0.25, 0.3) is 0 Å². The zero-order valence-electron chi connectivity index (χ0n) is 51.8. The molecule has 0 spiro atoms. The van der Waals surface area contributed by atoms with E-state index >= 15 is 0 Å². The van der Waals surface area contributed by atoms with Gasteiger partial charge in [0, 0.05) is 62.9 Å². The number of ketones is 1. The number of likely N-dealkylation sites (N-methyl/N-ethyl adjacent to an activating group) is 1. The van der Waals surface area contributed by atoms with E-state index < -0.39 is 114 Å². The van der Waals surface area contributed by atoms with Crippen molar-refractivity contribution < 1.29 is 86.4 Å². The van der Waals surface area contributed by atoms with Crippen molar-refractivity contribution in [2.75, 3.05) is 109 Å². The smallest absolute Gasteiger partial charge is 0.305 e. The lowest BCUT2D eigenvalue weighted by Gasteiger charge is -2.27. The summed E-state index contributed by atoms with van der Waals surface area (Å²) in [5, 5.41) is 38.1. The van der Waals surface area contributed by atoms with Crippen LogP contribution in [0.15, 0.2) is 35.3 Å². The number of hydrogen-bond donors (Lipinski definition) is 14. The molecule has 2 aliphatic rings. The summed E-state index contributed by atoms with van der Waals surface area (Å²) < 4.78 is 20.5. The first-order chi connectivity index (χ1) is 43.6. The lowest BCUT2D eigenvalue weighted by Crippen LogP contribution is -2.60. The molecule has 510 valence electrons. The third-order valence-electron chi connectivity index (χ3n) is 12.5. The number of thioether (sulfide) groups is 1. The van der Waals surface area contributed by atoms with Gasteiger partial charge in [-0.05, 0) is 58.4 Å². The van der Waals surface area contributed by atoms with Gasteiger partial charge in [0.2, 0.25) is 65.0 Å². The normalized spacial score (nSPS) is 20.8. The highest BCUT2D eigenvalue weighted by atomic mass is 33.1. The number of unbranched alkanes of at least 4 members (excludes halogenated alkanes) is 1. The molecule has 2 saturated heterocycles. The maximum absolute atomic E-state index is 14.3. The molecule has 3 rings (SSSR count). The standard InChI is InChI=1S/C43H65N13O12S3.C13H25NO6/c1-3-32(57)47-15-9-8-13-26-38(64)55-30-21-70-71-22-31(56-40(66)28(18-35(60)61)51-33(58)19-49-36(62)25(52-41(30)67)14-10-16-48-43(44)45)42(68)53-27(17-24-11-6-5-7-12-24)39(65)54-29(37(63)46-4-2)20-69-23-34(59)50-26;1-3-17-6-7-19-9-8-18-5-4-14-13(16)11-20-10-12(2)15/h5-7,11-12,25-31H,3-4,8-10,13-23H2,1-2H3,(H,46,63)(H,47,57)(H,49,62)(H,50,59)(H,51,58)(H,52,67)(H,53,68)(H,54,65)(H,55,64)(H,56,66)(H,60,61)(H4,44,45,48);3-11H2,1-2H3,(H,14,16)/t25-,26-,27-,28-,29-,30-,31-;/m0./s1. The molecule has 2 bridgehead atoms. The summed E-state index contributed by atoms with van der Waals surface area (Å²) in [5.74, 6) is -10.8. The molecule has 32 nitrogen and oxygen atoms in total. The highest BCUT2D eigenvalue weighted by Crippen LogP contribution is 2.24. The van der Waals surface area contributed by atoms with Crippen molar-refractivity contribution in [3.8, 4) is 0 Å². The van der Waals surface area contributed by atoms with E-state index in [9.17, 15) is 67.4 Å². The average molecular weight is 1340 g/mol. The first kappa shape index (κ1) is 79.8. The number of aliphatic carboxylic acids is 1. The Kier molecular flexibility index (Phi) is 41.7. The fraction of sp³-hybridized carbons (Fsp3) is 0.643. The van der Waals surface area contributed by atoms with Crippen molar-refractivity contribution in [2.24, 2.45) is 16.5 Å². The Balaban J connectivity index is 0.00000120. The Hall–Kier alpha value is -7.31. The number of nitrogens with one attached hydrogen (secondary N) is 11. The molecular weight excluding hydrogens is 1250 g/mol. The van der Waals surface area contributed by atoms with E-state index in [1.807, 2.05) is 6.92 Å². The molecule has 0 aromatic heterocycles. The number of carbonyl (C=O) groups excluding carboxylic acids is 12. The van der Waals surface area contributed by atoms with Crippen molar-refractivity contribution in [3.05, 3.63) is 35.9 Å². The van der Waals surface area contributed by atoms with E-state index in [0.29, 0.717) is 64.6 Å². The van der Waals surface area contributed by atoms with Crippen LogP contribution in [0.3, 0.4) is 0 Å². The van der Waals surface area contributed by atoms with Gasteiger partial charge in [0.05, 0.1) is 51.8 Å². The van der Waals surface area contributed by atoms with Crippen molar-refractivity contribution in [1.82, 2.24) is 58.5 Å². The first-order valence-corrected chi connectivity index (χ1v) is 33.3. The van der Waals surface area contributed by atoms with Gasteiger partial charge in [-0.1, -0.05) is 58.8 Å². The number of guanidine groups is 1. The molecular formula is C56H90N14O18S3. The Morgan fingerprint density at radius 3 is 1.80 bits per heavy atom. The van der Waals surface area contributed by atoms with E-state index in [-0.39, 0.29) is 112 Å².